The lowest BCUT2D eigenvalue weighted by atomic mass is 10.1. The second-order valence-corrected chi connectivity index (χ2v) is 4.38. The first-order valence-corrected chi connectivity index (χ1v) is 5.87. The molecule has 2 N–H and O–H groups in total. The van der Waals surface area contributed by atoms with Crippen LogP contribution in [-0.2, 0) is 4.79 Å². The summed E-state index contributed by atoms with van der Waals surface area (Å²) in [6.07, 6.45) is 2.21. The van der Waals surface area contributed by atoms with Crippen LogP contribution in [0, 0.1) is 0 Å². The minimum atomic E-state index is -0.0388. The van der Waals surface area contributed by atoms with E-state index < -0.39 is 0 Å². The van der Waals surface area contributed by atoms with Crippen molar-refractivity contribution in [1.82, 2.24) is 15.5 Å². The van der Waals surface area contributed by atoms with Crippen molar-refractivity contribution in [2.45, 2.75) is 38.8 Å². The summed E-state index contributed by atoms with van der Waals surface area (Å²) in [5, 5.41) is 6.59. The van der Waals surface area contributed by atoms with Gasteiger partial charge in [0.1, 0.15) is 0 Å². The smallest absolute Gasteiger partial charge is 0.240 e. The molecule has 15 heavy (non-hydrogen) atoms. The lowest BCUT2D eigenvalue weighted by molar-refractivity contribution is -0.132. The highest BCUT2D eigenvalue weighted by Gasteiger charge is 2.25. The minimum Gasteiger partial charge on any atom is -0.344 e. The summed E-state index contributed by atoms with van der Waals surface area (Å²) in [5.41, 5.74) is 0. The van der Waals surface area contributed by atoms with Crippen molar-refractivity contribution in [2.75, 3.05) is 26.7 Å². The molecule has 2 unspecified atom stereocenters. The minimum absolute atomic E-state index is 0.0388. The van der Waals surface area contributed by atoms with Crippen molar-refractivity contribution in [3.8, 4) is 0 Å². The molecule has 0 saturated carbocycles. The van der Waals surface area contributed by atoms with Gasteiger partial charge < -0.3 is 15.5 Å². The van der Waals surface area contributed by atoms with Gasteiger partial charge >= 0.3 is 0 Å². The van der Waals surface area contributed by atoms with Crippen LogP contribution in [-0.4, -0.2) is 49.6 Å². The van der Waals surface area contributed by atoms with Crippen molar-refractivity contribution >= 4 is 5.91 Å². The molecule has 1 saturated heterocycles. The highest BCUT2D eigenvalue weighted by atomic mass is 16.2. The van der Waals surface area contributed by atoms with E-state index in [1.165, 1.54) is 0 Å². The van der Waals surface area contributed by atoms with Crippen molar-refractivity contribution < 1.29 is 4.79 Å². The average Bonchev–Trinajstić information content (AvgIpc) is 2.26. The highest BCUT2D eigenvalue weighted by molar-refractivity contribution is 5.82. The van der Waals surface area contributed by atoms with Crippen LogP contribution in [0.25, 0.3) is 0 Å². The molecule has 1 heterocycles. The molecular formula is C11H23N3O. The number of carbonyl (C=O) groups excluding carboxylic acids is 1. The maximum Gasteiger partial charge on any atom is 0.240 e. The Balaban J connectivity index is 2.32. The zero-order valence-corrected chi connectivity index (χ0v) is 10.0. The molecule has 0 aromatic rings. The number of hydrogen-bond acceptors (Lipinski definition) is 3. The molecule has 0 aliphatic carbocycles. The zero-order valence-electron chi connectivity index (χ0n) is 10.0. The number of nitrogens with zero attached hydrogens (tertiary/aromatic N) is 1. The Morgan fingerprint density at radius 2 is 2.13 bits per heavy atom. The molecule has 0 aromatic carbocycles. The van der Waals surface area contributed by atoms with Crippen LogP contribution in [0.15, 0.2) is 0 Å². The van der Waals surface area contributed by atoms with Gasteiger partial charge in [-0.25, -0.2) is 0 Å². The predicted molar refractivity (Wildman–Crippen MR) is 61.8 cm³/mol. The number of carbonyl (C=O) groups is 1. The lowest BCUT2D eigenvalue weighted by Gasteiger charge is -2.31. The summed E-state index contributed by atoms with van der Waals surface area (Å²) in [7, 11) is 1.89. The molecule has 0 spiro atoms. The first-order valence-electron chi connectivity index (χ1n) is 5.87. The Kier molecular flexibility index (Phi) is 5.05. The summed E-state index contributed by atoms with van der Waals surface area (Å²) in [6, 6.07) is 0.429. The third-order valence-corrected chi connectivity index (χ3v) is 2.86. The third-order valence-electron chi connectivity index (χ3n) is 2.86. The fourth-order valence-corrected chi connectivity index (χ4v) is 1.73. The number of piperazine rings is 1. The monoisotopic (exact) mass is 213 g/mol. The second kappa shape index (κ2) is 6.08. The van der Waals surface area contributed by atoms with Crippen LogP contribution in [0.3, 0.4) is 0 Å². The van der Waals surface area contributed by atoms with Crippen molar-refractivity contribution in [1.29, 1.82) is 0 Å². The Morgan fingerprint density at radius 3 is 2.67 bits per heavy atom. The van der Waals surface area contributed by atoms with E-state index in [-0.39, 0.29) is 11.9 Å². The Bertz CT molecular complexity index is 200. The van der Waals surface area contributed by atoms with E-state index in [4.69, 9.17) is 0 Å². The first kappa shape index (κ1) is 12.5. The average molecular weight is 213 g/mol. The van der Waals surface area contributed by atoms with Crippen molar-refractivity contribution in [3.05, 3.63) is 0 Å². The summed E-state index contributed by atoms with van der Waals surface area (Å²) < 4.78 is 0. The summed E-state index contributed by atoms with van der Waals surface area (Å²) in [4.78, 5) is 13.8. The van der Waals surface area contributed by atoms with E-state index in [0.717, 1.165) is 32.5 Å². The number of amides is 1. The molecule has 1 amide bonds. The molecule has 1 aliphatic heterocycles. The predicted octanol–water partition coefficient (Wildman–Crippen LogP) is 0.195. The van der Waals surface area contributed by atoms with Crippen molar-refractivity contribution in [2.24, 2.45) is 0 Å². The van der Waals surface area contributed by atoms with Crippen molar-refractivity contribution in [3.63, 3.8) is 0 Å². The zero-order chi connectivity index (χ0) is 11.3. The van der Waals surface area contributed by atoms with Crippen LogP contribution in [0.2, 0.25) is 0 Å². The van der Waals surface area contributed by atoms with E-state index in [1.807, 2.05) is 11.9 Å². The first-order chi connectivity index (χ1) is 7.15. The van der Waals surface area contributed by atoms with Gasteiger partial charge in [-0.2, -0.15) is 0 Å². The number of hydrogen-bond donors (Lipinski definition) is 2. The van der Waals surface area contributed by atoms with Gasteiger partial charge in [0.2, 0.25) is 5.91 Å². The van der Waals surface area contributed by atoms with Gasteiger partial charge in [0.15, 0.2) is 0 Å². The third kappa shape index (κ3) is 3.80. The maximum atomic E-state index is 11.9. The summed E-state index contributed by atoms with van der Waals surface area (Å²) in [5.74, 6) is 0.211. The van der Waals surface area contributed by atoms with Crippen LogP contribution in [0.1, 0.15) is 26.7 Å². The van der Waals surface area contributed by atoms with Gasteiger partial charge in [0.25, 0.3) is 0 Å². The molecule has 4 heteroatoms. The SMILES string of the molecule is CCCCN(C)C(=O)C1CNC(C)CN1. The largest absolute Gasteiger partial charge is 0.344 e. The molecule has 0 bridgehead atoms. The van der Waals surface area contributed by atoms with Gasteiger partial charge in [-0.15, -0.1) is 0 Å². The van der Waals surface area contributed by atoms with Gasteiger partial charge in [-0.3, -0.25) is 4.79 Å². The number of unbranched alkanes of at least 4 members (excludes halogenated alkanes) is 1. The molecule has 88 valence electrons. The van der Waals surface area contributed by atoms with Crippen LogP contribution < -0.4 is 10.6 Å². The fourth-order valence-electron chi connectivity index (χ4n) is 1.73. The topological polar surface area (TPSA) is 44.4 Å². The van der Waals surface area contributed by atoms with Crippen LogP contribution in [0.4, 0.5) is 0 Å². The molecule has 0 aromatic heterocycles. The summed E-state index contributed by atoms with van der Waals surface area (Å²) >= 11 is 0. The number of likely N-dealkylation sites (N-methyl/N-ethyl adjacent to an activating group) is 1. The number of nitrogens with one attached hydrogen (secondary N) is 2. The highest BCUT2D eigenvalue weighted by Crippen LogP contribution is 1.99. The molecule has 2 atom stereocenters. The van der Waals surface area contributed by atoms with E-state index in [9.17, 15) is 4.79 Å². The molecule has 1 rings (SSSR count). The van der Waals surface area contributed by atoms with Crippen LogP contribution >= 0.6 is 0 Å². The molecule has 4 nitrogen and oxygen atoms in total. The van der Waals surface area contributed by atoms with Gasteiger partial charge in [-0.05, 0) is 13.3 Å². The molecule has 1 aliphatic rings. The molecule has 0 radical (unpaired) electrons. The van der Waals surface area contributed by atoms with Crippen LogP contribution in [0.5, 0.6) is 0 Å². The van der Waals surface area contributed by atoms with E-state index in [0.29, 0.717) is 6.04 Å². The molecular weight excluding hydrogens is 190 g/mol. The van der Waals surface area contributed by atoms with E-state index in [2.05, 4.69) is 24.5 Å². The van der Waals surface area contributed by atoms with Gasteiger partial charge in [0.05, 0.1) is 6.04 Å². The lowest BCUT2D eigenvalue weighted by Crippen LogP contribution is -2.59. The Hall–Kier alpha value is -0.610. The van der Waals surface area contributed by atoms with E-state index >= 15 is 0 Å². The van der Waals surface area contributed by atoms with Gasteiger partial charge in [-0.1, -0.05) is 13.3 Å². The van der Waals surface area contributed by atoms with Gasteiger partial charge in [0, 0.05) is 32.7 Å². The summed E-state index contributed by atoms with van der Waals surface area (Å²) in [6.45, 7) is 6.74. The molecule has 1 fully saturated rings. The second-order valence-electron chi connectivity index (χ2n) is 4.38. The Labute approximate surface area is 92.4 Å². The maximum absolute atomic E-state index is 11.9. The Morgan fingerprint density at radius 1 is 1.40 bits per heavy atom. The quantitative estimate of drug-likeness (QED) is 0.701. The number of rotatable bonds is 4. The standard InChI is InChI=1S/C11H23N3O/c1-4-5-6-14(3)11(15)10-8-12-9(2)7-13-10/h9-10,12-13H,4-8H2,1-3H3. The van der Waals surface area contributed by atoms with E-state index in [1.54, 1.807) is 0 Å². The fraction of sp³-hybridized carbons (Fsp3) is 0.909. The normalized spacial score (nSPS) is 26.3.